The third kappa shape index (κ3) is 3.73. The normalized spacial score (nSPS) is 25.9. The van der Waals surface area contributed by atoms with Crippen molar-refractivity contribution in [3.8, 4) is 0 Å². The highest BCUT2D eigenvalue weighted by Crippen LogP contribution is 2.15. The molecule has 0 bridgehead atoms. The molecule has 0 radical (unpaired) electrons. The third-order valence-electron chi connectivity index (χ3n) is 1.73. The van der Waals surface area contributed by atoms with Crippen LogP contribution in [0.5, 0.6) is 0 Å². The summed E-state index contributed by atoms with van der Waals surface area (Å²) in [6.45, 7) is 7.88. The van der Waals surface area contributed by atoms with Gasteiger partial charge in [-0.15, -0.1) is 0 Å². The van der Waals surface area contributed by atoms with E-state index < -0.39 is 0 Å². The predicted molar refractivity (Wildman–Crippen MR) is 44.7 cm³/mol. The van der Waals surface area contributed by atoms with Gasteiger partial charge in [0.25, 0.3) is 0 Å². The number of hydrogen-bond donors (Lipinski definition) is 0. The van der Waals surface area contributed by atoms with E-state index in [0.717, 1.165) is 19.6 Å². The van der Waals surface area contributed by atoms with E-state index in [9.17, 15) is 0 Å². The molecule has 0 aliphatic carbocycles. The number of rotatable bonds is 2. The zero-order chi connectivity index (χ0) is 8.32. The molecule has 0 aromatic carbocycles. The molecule has 1 rings (SSSR count). The Morgan fingerprint density at radius 1 is 1.45 bits per heavy atom. The van der Waals surface area contributed by atoms with Crippen molar-refractivity contribution in [2.45, 2.75) is 45.3 Å². The molecule has 1 aliphatic heterocycles. The second-order valence-corrected chi connectivity index (χ2v) is 4.06. The molecule has 1 heterocycles. The van der Waals surface area contributed by atoms with Crippen molar-refractivity contribution in [2.24, 2.45) is 0 Å². The minimum absolute atomic E-state index is 0.0219. The molecule has 0 spiro atoms. The predicted octanol–water partition coefficient (Wildman–Crippen LogP) is 1.98. The Morgan fingerprint density at radius 2 is 2.18 bits per heavy atom. The van der Waals surface area contributed by atoms with E-state index in [-0.39, 0.29) is 5.60 Å². The maximum Gasteiger partial charge on any atom is 0.0809 e. The Labute approximate surface area is 68.9 Å². The lowest BCUT2D eigenvalue weighted by atomic mass is 10.2. The first-order chi connectivity index (χ1) is 5.08. The molecule has 1 aliphatic rings. The van der Waals surface area contributed by atoms with Gasteiger partial charge in [0.1, 0.15) is 0 Å². The van der Waals surface area contributed by atoms with Crippen molar-refractivity contribution >= 4 is 0 Å². The van der Waals surface area contributed by atoms with Crippen molar-refractivity contribution in [3.63, 3.8) is 0 Å². The van der Waals surface area contributed by atoms with Gasteiger partial charge < -0.3 is 9.47 Å². The van der Waals surface area contributed by atoms with E-state index in [1.165, 1.54) is 6.42 Å². The molecular weight excluding hydrogens is 140 g/mol. The second-order valence-electron chi connectivity index (χ2n) is 4.06. The van der Waals surface area contributed by atoms with E-state index in [1.54, 1.807) is 0 Å². The van der Waals surface area contributed by atoms with Crippen LogP contribution in [0.3, 0.4) is 0 Å². The molecule has 0 amide bonds. The molecule has 66 valence electrons. The van der Waals surface area contributed by atoms with Crippen molar-refractivity contribution < 1.29 is 9.47 Å². The van der Waals surface area contributed by atoms with E-state index in [2.05, 4.69) is 20.8 Å². The summed E-state index contributed by atoms with van der Waals surface area (Å²) >= 11 is 0. The fourth-order valence-corrected chi connectivity index (χ4v) is 1.12. The lowest BCUT2D eigenvalue weighted by Crippen LogP contribution is -2.25. The largest absolute Gasteiger partial charge is 0.376 e. The zero-order valence-corrected chi connectivity index (χ0v) is 7.72. The summed E-state index contributed by atoms with van der Waals surface area (Å²) in [5.41, 5.74) is -0.0219. The van der Waals surface area contributed by atoms with Crippen LogP contribution in [-0.4, -0.2) is 24.9 Å². The Bertz CT molecular complexity index is 109. The fourth-order valence-electron chi connectivity index (χ4n) is 1.12. The molecule has 2 nitrogen and oxygen atoms in total. The van der Waals surface area contributed by atoms with Crippen LogP contribution >= 0.6 is 0 Å². The Kier molecular flexibility index (Phi) is 2.90. The summed E-state index contributed by atoms with van der Waals surface area (Å²) < 4.78 is 11.0. The standard InChI is InChI=1S/C9H18O2/c1-9(2,3)11-7-8-5-4-6-10-8/h8H,4-7H2,1-3H3/t8-/m1/s1. The summed E-state index contributed by atoms with van der Waals surface area (Å²) in [5.74, 6) is 0. The van der Waals surface area contributed by atoms with Gasteiger partial charge in [-0.3, -0.25) is 0 Å². The molecule has 1 saturated heterocycles. The molecule has 1 atom stereocenters. The van der Waals surface area contributed by atoms with Crippen LogP contribution in [0.25, 0.3) is 0 Å². The molecule has 0 N–H and O–H groups in total. The van der Waals surface area contributed by atoms with Gasteiger partial charge in [-0.25, -0.2) is 0 Å². The fraction of sp³-hybridized carbons (Fsp3) is 1.00. The smallest absolute Gasteiger partial charge is 0.0809 e. The number of ether oxygens (including phenoxy) is 2. The van der Waals surface area contributed by atoms with Crippen LogP contribution in [0, 0.1) is 0 Å². The topological polar surface area (TPSA) is 18.5 Å². The summed E-state index contributed by atoms with van der Waals surface area (Å²) in [6.07, 6.45) is 2.71. The monoisotopic (exact) mass is 158 g/mol. The molecule has 0 saturated carbocycles. The van der Waals surface area contributed by atoms with Crippen LogP contribution in [0.1, 0.15) is 33.6 Å². The minimum Gasteiger partial charge on any atom is -0.376 e. The summed E-state index contributed by atoms with van der Waals surface area (Å²) in [7, 11) is 0. The van der Waals surface area contributed by atoms with E-state index in [4.69, 9.17) is 9.47 Å². The van der Waals surface area contributed by atoms with Gasteiger partial charge in [-0.1, -0.05) is 0 Å². The van der Waals surface area contributed by atoms with Gasteiger partial charge in [-0.2, -0.15) is 0 Å². The first kappa shape index (κ1) is 9.01. The van der Waals surface area contributed by atoms with Gasteiger partial charge in [0.05, 0.1) is 18.3 Å². The average Bonchev–Trinajstić information content (AvgIpc) is 2.32. The van der Waals surface area contributed by atoms with Gasteiger partial charge >= 0.3 is 0 Å². The maximum absolute atomic E-state index is 5.59. The Hall–Kier alpha value is -0.0800. The Balaban J connectivity index is 2.11. The molecule has 11 heavy (non-hydrogen) atoms. The van der Waals surface area contributed by atoms with Crippen molar-refractivity contribution in [3.05, 3.63) is 0 Å². The molecular formula is C9H18O2. The molecule has 0 aromatic rings. The van der Waals surface area contributed by atoms with Crippen LogP contribution in [0.2, 0.25) is 0 Å². The van der Waals surface area contributed by atoms with Crippen molar-refractivity contribution in [1.82, 2.24) is 0 Å². The van der Waals surface area contributed by atoms with Gasteiger partial charge in [0, 0.05) is 6.61 Å². The maximum atomic E-state index is 5.59. The van der Waals surface area contributed by atoms with Crippen LogP contribution in [-0.2, 0) is 9.47 Å². The number of hydrogen-bond acceptors (Lipinski definition) is 2. The van der Waals surface area contributed by atoms with Crippen LogP contribution in [0.15, 0.2) is 0 Å². The quantitative estimate of drug-likeness (QED) is 0.611. The summed E-state index contributed by atoms with van der Waals surface area (Å²) in [4.78, 5) is 0. The van der Waals surface area contributed by atoms with Crippen LogP contribution in [0.4, 0.5) is 0 Å². The average molecular weight is 158 g/mol. The first-order valence-corrected chi connectivity index (χ1v) is 4.33. The highest BCUT2D eigenvalue weighted by molar-refractivity contribution is 4.66. The van der Waals surface area contributed by atoms with E-state index in [0.29, 0.717) is 6.10 Å². The van der Waals surface area contributed by atoms with E-state index in [1.807, 2.05) is 0 Å². The lowest BCUT2D eigenvalue weighted by molar-refractivity contribution is -0.0551. The van der Waals surface area contributed by atoms with Gasteiger partial charge in [0.15, 0.2) is 0 Å². The zero-order valence-electron chi connectivity index (χ0n) is 7.72. The summed E-state index contributed by atoms with van der Waals surface area (Å²) in [5, 5.41) is 0. The molecule has 0 unspecified atom stereocenters. The highest BCUT2D eigenvalue weighted by atomic mass is 16.5. The molecule has 2 heteroatoms. The van der Waals surface area contributed by atoms with Crippen LogP contribution < -0.4 is 0 Å². The molecule has 1 fully saturated rings. The van der Waals surface area contributed by atoms with Gasteiger partial charge in [0.2, 0.25) is 0 Å². The molecule has 0 aromatic heterocycles. The second kappa shape index (κ2) is 3.55. The van der Waals surface area contributed by atoms with Crippen molar-refractivity contribution in [2.75, 3.05) is 13.2 Å². The third-order valence-corrected chi connectivity index (χ3v) is 1.73. The highest BCUT2D eigenvalue weighted by Gasteiger charge is 2.18. The van der Waals surface area contributed by atoms with Gasteiger partial charge in [-0.05, 0) is 33.6 Å². The Morgan fingerprint density at radius 3 is 2.64 bits per heavy atom. The SMILES string of the molecule is CC(C)(C)OC[C@H]1CCCO1. The summed E-state index contributed by atoms with van der Waals surface area (Å²) in [6, 6.07) is 0. The first-order valence-electron chi connectivity index (χ1n) is 4.33. The minimum atomic E-state index is -0.0219. The van der Waals surface area contributed by atoms with E-state index >= 15 is 0 Å². The lowest BCUT2D eigenvalue weighted by Gasteiger charge is -2.21. The van der Waals surface area contributed by atoms with Crippen molar-refractivity contribution in [1.29, 1.82) is 0 Å².